The number of hydrogen-bond acceptors (Lipinski definition) is 15. The smallest absolute Gasteiger partial charge is 0.462 e. The second-order valence-electron chi connectivity index (χ2n) is 24.1. The van der Waals surface area contributed by atoms with Gasteiger partial charge in [-0.3, -0.25) is 37.3 Å². The summed E-state index contributed by atoms with van der Waals surface area (Å²) in [4.78, 5) is 72.3. The van der Waals surface area contributed by atoms with Gasteiger partial charge in [-0.05, 0) is 31.6 Å². The molecule has 0 saturated heterocycles. The van der Waals surface area contributed by atoms with E-state index in [9.17, 15) is 43.2 Å². The minimum atomic E-state index is -4.95. The third-order valence-corrected chi connectivity index (χ3v) is 17.5. The molecule has 0 aromatic heterocycles. The van der Waals surface area contributed by atoms with E-state index in [1.807, 2.05) is 0 Å². The number of rotatable bonds is 66. The average Bonchev–Trinajstić information content (AvgIpc) is 3.56. The van der Waals surface area contributed by atoms with Gasteiger partial charge in [-0.2, -0.15) is 0 Å². The van der Waals surface area contributed by atoms with Crippen LogP contribution in [0.4, 0.5) is 0 Å². The zero-order valence-electron chi connectivity index (χ0n) is 54.7. The number of carbonyl (C=O) groups excluding carboxylic acids is 4. The Morgan fingerprint density at radius 3 is 0.835 bits per heavy atom. The van der Waals surface area contributed by atoms with Gasteiger partial charge >= 0.3 is 39.5 Å². The lowest BCUT2D eigenvalue weighted by Gasteiger charge is -2.21. The van der Waals surface area contributed by atoms with Crippen LogP contribution in [-0.4, -0.2) is 96.7 Å². The number of unbranched alkanes of at least 4 members (excludes halogenated alkanes) is 37. The molecule has 0 radical (unpaired) electrons. The van der Waals surface area contributed by atoms with Gasteiger partial charge in [-0.1, -0.05) is 285 Å². The molecule has 0 aliphatic rings. The molecule has 0 amide bonds. The molecule has 0 aliphatic carbocycles. The van der Waals surface area contributed by atoms with Crippen LogP contribution in [0.1, 0.15) is 336 Å². The van der Waals surface area contributed by atoms with Gasteiger partial charge < -0.3 is 33.8 Å². The van der Waals surface area contributed by atoms with E-state index >= 15 is 0 Å². The van der Waals surface area contributed by atoms with Crippen molar-refractivity contribution in [3.05, 3.63) is 0 Å². The van der Waals surface area contributed by atoms with Crippen molar-refractivity contribution in [3.63, 3.8) is 0 Å². The molecule has 3 N–H and O–H groups in total. The molecule has 504 valence electrons. The van der Waals surface area contributed by atoms with Crippen LogP contribution >= 0.6 is 15.6 Å². The summed E-state index contributed by atoms with van der Waals surface area (Å²) in [7, 11) is -9.89. The Labute approximate surface area is 517 Å². The molecule has 0 bridgehead atoms. The van der Waals surface area contributed by atoms with Crippen LogP contribution < -0.4 is 0 Å². The number of phosphoric ester groups is 2. The lowest BCUT2D eigenvalue weighted by atomic mass is 10.00. The van der Waals surface area contributed by atoms with Crippen molar-refractivity contribution in [2.75, 3.05) is 39.6 Å². The Kier molecular flexibility index (Phi) is 58.3. The molecular weight excluding hydrogens is 1130 g/mol. The van der Waals surface area contributed by atoms with Gasteiger partial charge in [0.2, 0.25) is 0 Å². The standard InChI is InChI=1S/C66H128O17P2/c1-6-10-13-16-19-22-24-26-28-30-32-35-41-46-51-65(70)82-61(55-77-64(69)50-45-40-34-31-29-27-25-23-20-17-14-11-7-2)57-80-84(72,73)78-53-60(67)54-79-85(74,75)81-58-62(56-76-63(68)49-44-39-33-21-18-15-12-8-3)83-66(71)52-47-42-37-36-38-43-48-59(5)9-4/h59-62,67H,6-58H2,1-5H3,(H,72,73)(H,74,75)/t59?,60-,61-,62-/m1/s1. The quantitative estimate of drug-likeness (QED) is 0.0222. The number of esters is 4. The van der Waals surface area contributed by atoms with Gasteiger partial charge in [-0.15, -0.1) is 0 Å². The molecule has 0 spiro atoms. The van der Waals surface area contributed by atoms with Crippen LogP contribution in [0, 0.1) is 5.92 Å². The highest BCUT2D eigenvalue weighted by molar-refractivity contribution is 7.47. The number of phosphoric acid groups is 2. The maximum absolute atomic E-state index is 13.0. The summed E-state index contributed by atoms with van der Waals surface area (Å²) >= 11 is 0. The van der Waals surface area contributed by atoms with E-state index in [1.54, 1.807) is 0 Å². The lowest BCUT2D eigenvalue weighted by molar-refractivity contribution is -0.161. The van der Waals surface area contributed by atoms with E-state index in [4.69, 9.17) is 37.0 Å². The van der Waals surface area contributed by atoms with E-state index in [-0.39, 0.29) is 25.7 Å². The fourth-order valence-electron chi connectivity index (χ4n) is 9.90. The summed E-state index contributed by atoms with van der Waals surface area (Å²) in [5.74, 6) is -1.41. The number of aliphatic hydroxyl groups is 1. The van der Waals surface area contributed by atoms with Crippen LogP contribution in [-0.2, 0) is 65.4 Å². The van der Waals surface area contributed by atoms with Gasteiger partial charge in [0.25, 0.3) is 0 Å². The Balaban J connectivity index is 5.23. The molecule has 6 atom stereocenters. The Morgan fingerprint density at radius 2 is 0.565 bits per heavy atom. The summed E-state index contributed by atoms with van der Waals surface area (Å²) < 4.78 is 68.0. The molecule has 0 rings (SSSR count). The summed E-state index contributed by atoms with van der Waals surface area (Å²) in [6.07, 6.45) is 44.4. The molecule has 0 aromatic rings. The Bertz CT molecular complexity index is 1650. The van der Waals surface area contributed by atoms with E-state index < -0.39 is 97.5 Å². The van der Waals surface area contributed by atoms with Gasteiger partial charge in [0.1, 0.15) is 19.3 Å². The Hall–Kier alpha value is -1.94. The molecule has 19 heteroatoms. The molecule has 17 nitrogen and oxygen atoms in total. The van der Waals surface area contributed by atoms with Crippen molar-refractivity contribution in [1.29, 1.82) is 0 Å². The van der Waals surface area contributed by atoms with Gasteiger partial charge in [-0.25, -0.2) is 9.13 Å². The van der Waals surface area contributed by atoms with Crippen molar-refractivity contribution in [2.45, 2.75) is 355 Å². The number of aliphatic hydroxyl groups excluding tert-OH is 1. The highest BCUT2D eigenvalue weighted by Gasteiger charge is 2.30. The topological polar surface area (TPSA) is 237 Å². The molecule has 0 aliphatic heterocycles. The molecule has 0 fully saturated rings. The van der Waals surface area contributed by atoms with Crippen LogP contribution in [0.25, 0.3) is 0 Å². The van der Waals surface area contributed by atoms with E-state index in [0.29, 0.717) is 25.7 Å². The van der Waals surface area contributed by atoms with Gasteiger partial charge in [0.15, 0.2) is 12.2 Å². The highest BCUT2D eigenvalue weighted by atomic mass is 31.2. The van der Waals surface area contributed by atoms with Gasteiger partial charge in [0, 0.05) is 25.7 Å². The first-order chi connectivity index (χ1) is 41.1. The SMILES string of the molecule is CCCCCCCCCCCCCCCCC(=O)O[C@H](COC(=O)CCCCCCCCCCCCCCC)COP(=O)(O)OC[C@@H](O)COP(=O)(O)OC[C@@H](COC(=O)CCCCCCCCCC)OC(=O)CCCCCCCCC(C)CC. The second kappa shape index (κ2) is 59.7. The summed E-state index contributed by atoms with van der Waals surface area (Å²) in [5.41, 5.74) is 0. The molecule has 3 unspecified atom stereocenters. The minimum absolute atomic E-state index is 0.103. The molecule has 0 aromatic carbocycles. The van der Waals surface area contributed by atoms with Crippen LogP contribution in [0.15, 0.2) is 0 Å². The normalized spacial score (nSPS) is 14.5. The minimum Gasteiger partial charge on any atom is -0.462 e. The van der Waals surface area contributed by atoms with Gasteiger partial charge in [0.05, 0.1) is 26.4 Å². The fraction of sp³-hybridized carbons (Fsp3) is 0.939. The van der Waals surface area contributed by atoms with Crippen LogP contribution in [0.3, 0.4) is 0 Å². The van der Waals surface area contributed by atoms with Crippen molar-refractivity contribution in [2.24, 2.45) is 5.92 Å². The van der Waals surface area contributed by atoms with Crippen LogP contribution in [0.2, 0.25) is 0 Å². The molecule has 85 heavy (non-hydrogen) atoms. The third-order valence-electron chi connectivity index (χ3n) is 15.6. The molecule has 0 saturated carbocycles. The Morgan fingerprint density at radius 1 is 0.329 bits per heavy atom. The average molecular weight is 1260 g/mol. The zero-order valence-corrected chi connectivity index (χ0v) is 56.5. The number of carbonyl (C=O) groups is 4. The molecular formula is C66H128O17P2. The van der Waals surface area contributed by atoms with Crippen LogP contribution in [0.5, 0.6) is 0 Å². The van der Waals surface area contributed by atoms with Crippen molar-refractivity contribution < 1.29 is 80.2 Å². The predicted molar refractivity (Wildman–Crippen MR) is 340 cm³/mol. The largest absolute Gasteiger partial charge is 0.472 e. The highest BCUT2D eigenvalue weighted by Crippen LogP contribution is 2.45. The summed E-state index contributed by atoms with van der Waals surface area (Å²) in [5, 5.41) is 10.5. The van der Waals surface area contributed by atoms with E-state index in [1.165, 1.54) is 154 Å². The first kappa shape index (κ1) is 83.1. The van der Waals surface area contributed by atoms with E-state index in [0.717, 1.165) is 102 Å². The molecule has 0 heterocycles. The van der Waals surface area contributed by atoms with Crippen molar-refractivity contribution in [1.82, 2.24) is 0 Å². The van der Waals surface area contributed by atoms with E-state index in [2.05, 4.69) is 34.6 Å². The number of ether oxygens (including phenoxy) is 4. The summed E-state index contributed by atoms with van der Waals surface area (Å²) in [6.45, 7) is 7.14. The summed E-state index contributed by atoms with van der Waals surface area (Å²) in [6, 6.07) is 0. The first-order valence-electron chi connectivity index (χ1n) is 34.7. The fourth-order valence-corrected chi connectivity index (χ4v) is 11.5. The zero-order chi connectivity index (χ0) is 62.8. The predicted octanol–water partition coefficient (Wildman–Crippen LogP) is 18.6. The number of hydrogen-bond donors (Lipinski definition) is 3. The maximum atomic E-state index is 13.0. The lowest BCUT2D eigenvalue weighted by Crippen LogP contribution is -2.30. The monoisotopic (exact) mass is 1250 g/mol. The third kappa shape index (κ3) is 59.5. The maximum Gasteiger partial charge on any atom is 0.472 e. The second-order valence-corrected chi connectivity index (χ2v) is 27.0. The van der Waals surface area contributed by atoms with Crippen molar-refractivity contribution in [3.8, 4) is 0 Å². The van der Waals surface area contributed by atoms with Crippen molar-refractivity contribution >= 4 is 39.5 Å². The first-order valence-corrected chi connectivity index (χ1v) is 37.7.